The van der Waals surface area contributed by atoms with Crippen LogP contribution < -0.4 is 4.74 Å². The van der Waals surface area contributed by atoms with Gasteiger partial charge in [-0.1, -0.05) is 60.7 Å². The van der Waals surface area contributed by atoms with Crippen molar-refractivity contribution in [1.82, 2.24) is 4.98 Å². The van der Waals surface area contributed by atoms with Gasteiger partial charge in [0.25, 0.3) is 0 Å². The molecule has 1 aromatic heterocycles. The van der Waals surface area contributed by atoms with E-state index in [0.717, 1.165) is 22.0 Å². The van der Waals surface area contributed by atoms with Crippen LogP contribution >= 0.6 is 0 Å². The van der Waals surface area contributed by atoms with E-state index < -0.39 is 0 Å². The first-order valence-electron chi connectivity index (χ1n) is 8.27. The Balaban J connectivity index is 1.99. The number of fused-ring (bicyclic) bond motifs is 2. The van der Waals surface area contributed by atoms with Gasteiger partial charge in [-0.3, -0.25) is 0 Å². The lowest BCUT2D eigenvalue weighted by molar-refractivity contribution is 0.236. The molecular weight excluding hydrogens is 294 g/mol. The number of ether oxygens (including phenoxy) is 1. The molecule has 24 heavy (non-hydrogen) atoms. The highest BCUT2D eigenvalue weighted by atomic mass is 16.5. The Morgan fingerprint density at radius 3 is 2.21 bits per heavy atom. The molecule has 3 aromatic carbocycles. The molecule has 0 saturated heterocycles. The first kappa shape index (κ1) is 14.7. The van der Waals surface area contributed by atoms with Crippen LogP contribution in [0.2, 0.25) is 0 Å². The lowest BCUT2D eigenvalue weighted by Gasteiger charge is -2.14. The van der Waals surface area contributed by atoms with Gasteiger partial charge in [-0.15, -0.1) is 0 Å². The number of hydrogen-bond acceptors (Lipinski definition) is 2. The summed E-state index contributed by atoms with van der Waals surface area (Å²) in [6.07, 6.45) is 0.0867. The van der Waals surface area contributed by atoms with Gasteiger partial charge in [-0.2, -0.15) is 0 Å². The zero-order valence-corrected chi connectivity index (χ0v) is 13.9. The van der Waals surface area contributed by atoms with Gasteiger partial charge >= 0.3 is 0 Å². The van der Waals surface area contributed by atoms with Crippen LogP contribution in [0.1, 0.15) is 13.8 Å². The fraction of sp³-hybridized carbons (Fsp3) is 0.136. The summed E-state index contributed by atoms with van der Waals surface area (Å²) in [4.78, 5) is 4.84. The largest absolute Gasteiger partial charge is 0.474 e. The summed E-state index contributed by atoms with van der Waals surface area (Å²) in [6, 6.07) is 25.1. The summed E-state index contributed by atoms with van der Waals surface area (Å²) >= 11 is 0. The minimum Gasteiger partial charge on any atom is -0.474 e. The number of aromatic nitrogens is 1. The second kappa shape index (κ2) is 5.97. The van der Waals surface area contributed by atoms with Crippen molar-refractivity contribution in [3.63, 3.8) is 0 Å². The minimum atomic E-state index is 0.0867. The molecule has 2 heteroatoms. The average Bonchev–Trinajstić information content (AvgIpc) is 2.60. The van der Waals surface area contributed by atoms with Crippen molar-refractivity contribution in [3.05, 3.63) is 72.8 Å². The van der Waals surface area contributed by atoms with Crippen molar-refractivity contribution in [3.8, 4) is 17.1 Å². The van der Waals surface area contributed by atoms with E-state index in [1.165, 1.54) is 10.8 Å². The second-order valence-electron chi connectivity index (χ2n) is 6.23. The van der Waals surface area contributed by atoms with E-state index >= 15 is 0 Å². The fourth-order valence-electron chi connectivity index (χ4n) is 3.07. The standard InChI is InChI=1S/C22H19NO/c1-15(2)24-22-19-12-6-4-9-17(19)14-21(23-22)20-13-7-10-16-8-3-5-11-18(16)20/h3-15H,1-2H3. The molecular formula is C22H19NO. The smallest absolute Gasteiger partial charge is 0.222 e. The summed E-state index contributed by atoms with van der Waals surface area (Å²) in [5.74, 6) is 0.700. The maximum atomic E-state index is 5.99. The summed E-state index contributed by atoms with van der Waals surface area (Å²) in [6.45, 7) is 4.06. The van der Waals surface area contributed by atoms with Crippen LogP contribution in [0.25, 0.3) is 32.8 Å². The van der Waals surface area contributed by atoms with Crippen molar-refractivity contribution >= 4 is 21.5 Å². The predicted molar refractivity (Wildman–Crippen MR) is 100 cm³/mol. The topological polar surface area (TPSA) is 22.1 Å². The predicted octanol–water partition coefficient (Wildman–Crippen LogP) is 5.84. The Labute approximate surface area is 141 Å². The Kier molecular flexibility index (Phi) is 3.66. The zero-order chi connectivity index (χ0) is 16.5. The first-order valence-corrected chi connectivity index (χ1v) is 8.27. The Bertz CT molecular complexity index is 1020. The maximum Gasteiger partial charge on any atom is 0.222 e. The van der Waals surface area contributed by atoms with E-state index in [4.69, 9.17) is 9.72 Å². The maximum absolute atomic E-state index is 5.99. The molecule has 4 rings (SSSR count). The van der Waals surface area contributed by atoms with E-state index in [0.29, 0.717) is 5.88 Å². The molecule has 0 aliphatic rings. The van der Waals surface area contributed by atoms with E-state index in [9.17, 15) is 0 Å². The van der Waals surface area contributed by atoms with Gasteiger partial charge in [0.2, 0.25) is 5.88 Å². The van der Waals surface area contributed by atoms with Gasteiger partial charge in [0.1, 0.15) is 0 Å². The van der Waals surface area contributed by atoms with Crippen molar-refractivity contribution in [2.24, 2.45) is 0 Å². The molecule has 0 atom stereocenters. The molecule has 0 amide bonds. The van der Waals surface area contributed by atoms with Crippen molar-refractivity contribution in [2.45, 2.75) is 20.0 Å². The third kappa shape index (κ3) is 2.61. The highest BCUT2D eigenvalue weighted by Gasteiger charge is 2.11. The van der Waals surface area contributed by atoms with Crippen LogP contribution in [0.4, 0.5) is 0 Å². The van der Waals surface area contributed by atoms with Crippen molar-refractivity contribution in [2.75, 3.05) is 0 Å². The lowest BCUT2D eigenvalue weighted by atomic mass is 10.0. The molecule has 0 bridgehead atoms. The molecule has 2 nitrogen and oxygen atoms in total. The summed E-state index contributed by atoms with van der Waals surface area (Å²) in [7, 11) is 0. The average molecular weight is 313 g/mol. The van der Waals surface area contributed by atoms with Gasteiger partial charge in [-0.25, -0.2) is 4.98 Å². The molecule has 118 valence electrons. The molecule has 0 spiro atoms. The van der Waals surface area contributed by atoms with Gasteiger partial charge in [0, 0.05) is 10.9 Å². The molecule has 0 aliphatic carbocycles. The Morgan fingerprint density at radius 2 is 1.42 bits per heavy atom. The monoisotopic (exact) mass is 313 g/mol. The SMILES string of the molecule is CC(C)Oc1nc(-c2cccc3ccccc23)cc2ccccc12. The summed E-state index contributed by atoms with van der Waals surface area (Å²) in [5, 5.41) is 4.62. The van der Waals surface area contributed by atoms with Crippen LogP contribution in [0, 0.1) is 0 Å². The lowest BCUT2D eigenvalue weighted by Crippen LogP contribution is -2.07. The first-order chi connectivity index (χ1) is 11.7. The van der Waals surface area contributed by atoms with E-state index in [1.54, 1.807) is 0 Å². The molecule has 0 aliphatic heterocycles. The quantitative estimate of drug-likeness (QED) is 0.474. The molecule has 0 saturated carbocycles. The normalized spacial score (nSPS) is 11.3. The van der Waals surface area contributed by atoms with E-state index in [-0.39, 0.29) is 6.10 Å². The molecule has 1 heterocycles. The molecule has 4 aromatic rings. The number of rotatable bonds is 3. The van der Waals surface area contributed by atoms with Gasteiger partial charge in [0.15, 0.2) is 0 Å². The van der Waals surface area contributed by atoms with Crippen LogP contribution in [0.5, 0.6) is 5.88 Å². The number of nitrogens with zero attached hydrogens (tertiary/aromatic N) is 1. The van der Waals surface area contributed by atoms with Gasteiger partial charge in [-0.05, 0) is 42.1 Å². The van der Waals surface area contributed by atoms with Crippen LogP contribution in [0.3, 0.4) is 0 Å². The fourth-order valence-corrected chi connectivity index (χ4v) is 3.07. The van der Waals surface area contributed by atoms with Crippen molar-refractivity contribution in [1.29, 1.82) is 0 Å². The van der Waals surface area contributed by atoms with Crippen LogP contribution in [-0.2, 0) is 0 Å². The zero-order valence-electron chi connectivity index (χ0n) is 13.9. The van der Waals surface area contributed by atoms with E-state index in [2.05, 4.69) is 60.7 Å². The highest BCUT2D eigenvalue weighted by molar-refractivity contribution is 5.98. The van der Waals surface area contributed by atoms with Crippen molar-refractivity contribution < 1.29 is 4.74 Å². The van der Waals surface area contributed by atoms with Gasteiger partial charge in [0.05, 0.1) is 11.8 Å². The molecule has 0 radical (unpaired) electrons. The van der Waals surface area contributed by atoms with Gasteiger partial charge < -0.3 is 4.74 Å². The third-order valence-electron chi connectivity index (χ3n) is 4.12. The molecule has 0 N–H and O–H groups in total. The number of pyridine rings is 1. The number of benzene rings is 3. The van der Waals surface area contributed by atoms with Crippen LogP contribution in [0.15, 0.2) is 72.8 Å². The Hall–Kier alpha value is -2.87. The summed E-state index contributed by atoms with van der Waals surface area (Å²) in [5.41, 5.74) is 2.08. The minimum absolute atomic E-state index is 0.0867. The van der Waals surface area contributed by atoms with Crippen LogP contribution in [-0.4, -0.2) is 11.1 Å². The summed E-state index contributed by atoms with van der Waals surface area (Å²) < 4.78 is 5.99. The van der Waals surface area contributed by atoms with E-state index in [1.807, 2.05) is 26.0 Å². The molecule has 0 fully saturated rings. The Morgan fingerprint density at radius 1 is 0.750 bits per heavy atom. The third-order valence-corrected chi connectivity index (χ3v) is 4.12. The number of hydrogen-bond donors (Lipinski definition) is 0. The molecule has 0 unspecified atom stereocenters. The second-order valence-corrected chi connectivity index (χ2v) is 6.23. The highest BCUT2D eigenvalue weighted by Crippen LogP contribution is 2.33.